The number of hydrogen-bond acceptors (Lipinski definition) is 5. The van der Waals surface area contributed by atoms with Gasteiger partial charge in [0.15, 0.2) is 0 Å². The highest BCUT2D eigenvalue weighted by molar-refractivity contribution is 6.28. The number of benzene rings is 8. The number of nitrogens with zero attached hydrogens (tertiary/aromatic N) is 2. The van der Waals surface area contributed by atoms with Crippen molar-refractivity contribution in [3.63, 3.8) is 0 Å². The fourth-order valence-corrected chi connectivity index (χ4v) is 8.10. The number of hydrogen-bond donors (Lipinski definition) is 0. The van der Waals surface area contributed by atoms with Crippen LogP contribution >= 0.6 is 0 Å². The van der Waals surface area contributed by atoms with Crippen LogP contribution < -0.4 is 0 Å². The van der Waals surface area contributed by atoms with Crippen molar-refractivity contribution >= 4 is 55.3 Å². The largest absolute Gasteiger partial charge is 0.456 e. The molecule has 0 fully saturated rings. The Labute approximate surface area is 343 Å². The van der Waals surface area contributed by atoms with Gasteiger partial charge in [-0.1, -0.05) is 127 Å². The number of esters is 2. The molecule has 1 heterocycles. The Morgan fingerprint density at radius 1 is 0.508 bits per heavy atom. The average molecular weight is 773 g/mol. The zero-order valence-corrected chi connectivity index (χ0v) is 34.0. The molecule has 9 aromatic rings. The molecule has 0 aliphatic heterocycles. The smallest absolute Gasteiger partial charge is 0.339 e. The molecule has 1 aromatic heterocycles. The summed E-state index contributed by atoms with van der Waals surface area (Å²) in [6.07, 6.45) is 0. The highest BCUT2D eigenvalue weighted by Crippen LogP contribution is 2.46. The zero-order valence-electron chi connectivity index (χ0n) is 34.0. The van der Waals surface area contributed by atoms with Crippen LogP contribution in [0.25, 0.3) is 82.7 Å². The van der Waals surface area contributed by atoms with Crippen molar-refractivity contribution in [1.82, 2.24) is 9.55 Å². The Bertz CT molecular complexity index is 3090. The monoisotopic (exact) mass is 772 g/mol. The topological polar surface area (TPSA) is 70.4 Å². The van der Waals surface area contributed by atoms with Crippen molar-refractivity contribution < 1.29 is 19.1 Å². The number of rotatable bonds is 6. The van der Waals surface area contributed by atoms with E-state index >= 15 is 0 Å². The van der Waals surface area contributed by atoms with Crippen molar-refractivity contribution in [3.05, 3.63) is 169 Å². The molecule has 0 unspecified atom stereocenters. The fraction of sp³-hybridized carbons (Fsp3) is 0.151. The molecule has 0 spiro atoms. The summed E-state index contributed by atoms with van der Waals surface area (Å²) in [6.45, 7) is 11.2. The molecule has 0 saturated carbocycles. The number of imidazole rings is 1. The van der Waals surface area contributed by atoms with E-state index in [-0.39, 0.29) is 0 Å². The first-order valence-electron chi connectivity index (χ1n) is 20.0. The molecule has 0 amide bonds. The maximum absolute atomic E-state index is 14.7. The molecule has 0 radical (unpaired) electrons. The van der Waals surface area contributed by atoms with Crippen molar-refractivity contribution in [2.24, 2.45) is 0 Å². The Morgan fingerprint density at radius 3 is 1.76 bits per heavy atom. The van der Waals surface area contributed by atoms with Crippen LogP contribution in [0.5, 0.6) is 0 Å². The van der Waals surface area contributed by atoms with Crippen molar-refractivity contribution in [2.45, 2.75) is 52.7 Å². The van der Waals surface area contributed by atoms with Gasteiger partial charge in [0.2, 0.25) is 0 Å². The van der Waals surface area contributed by atoms with Gasteiger partial charge in [0, 0.05) is 16.6 Å². The van der Waals surface area contributed by atoms with E-state index in [9.17, 15) is 9.59 Å². The number of fused-ring (bicyclic) bond motifs is 4. The second kappa shape index (κ2) is 14.4. The lowest BCUT2D eigenvalue weighted by molar-refractivity contribution is 0.00582. The number of aromatic nitrogens is 2. The number of para-hydroxylation sites is 3. The molecule has 290 valence electrons. The summed E-state index contributed by atoms with van der Waals surface area (Å²) in [6, 6.07) is 53.0. The van der Waals surface area contributed by atoms with E-state index in [4.69, 9.17) is 14.5 Å². The molecule has 0 N–H and O–H groups in total. The SMILES string of the molecule is CC(C)(C)OC(=O)c1c2ccccc2c(C(=O)OC(C)(C)C)c2c(-c3ccc4ccccc4c3)c(-c3ccc(-c4nc5ccccc5n4-c4ccccc4)cc3)ccc12. The molecule has 6 nitrogen and oxygen atoms in total. The lowest BCUT2D eigenvalue weighted by Crippen LogP contribution is -2.26. The van der Waals surface area contributed by atoms with Crippen LogP contribution in [0.3, 0.4) is 0 Å². The summed E-state index contributed by atoms with van der Waals surface area (Å²) in [5, 5.41) is 4.62. The Hall–Kier alpha value is -7.05. The molecule has 0 aliphatic carbocycles. The van der Waals surface area contributed by atoms with Crippen LogP contribution in [-0.4, -0.2) is 32.7 Å². The lowest BCUT2D eigenvalue weighted by atomic mass is 9.83. The Balaban J connectivity index is 1.35. The first kappa shape index (κ1) is 37.5. The summed E-state index contributed by atoms with van der Waals surface area (Å²) in [5.41, 5.74) is 6.72. The van der Waals surface area contributed by atoms with Gasteiger partial charge in [0.05, 0.1) is 22.2 Å². The minimum atomic E-state index is -0.777. The third kappa shape index (κ3) is 7.01. The van der Waals surface area contributed by atoms with Gasteiger partial charge in [-0.2, -0.15) is 0 Å². The van der Waals surface area contributed by atoms with Gasteiger partial charge < -0.3 is 9.47 Å². The van der Waals surface area contributed by atoms with E-state index in [0.717, 1.165) is 61.1 Å². The molecular weight excluding hydrogens is 729 g/mol. The van der Waals surface area contributed by atoms with Crippen molar-refractivity contribution in [2.75, 3.05) is 0 Å². The van der Waals surface area contributed by atoms with Gasteiger partial charge in [-0.15, -0.1) is 0 Å². The molecule has 59 heavy (non-hydrogen) atoms. The summed E-state index contributed by atoms with van der Waals surface area (Å²) >= 11 is 0. The second-order valence-corrected chi connectivity index (χ2v) is 16.9. The van der Waals surface area contributed by atoms with Gasteiger partial charge in [0.1, 0.15) is 17.0 Å². The third-order valence-corrected chi connectivity index (χ3v) is 10.5. The molecule has 9 rings (SSSR count). The predicted octanol–water partition coefficient (Wildman–Crippen LogP) is 13.4. The Morgan fingerprint density at radius 2 is 1.07 bits per heavy atom. The first-order chi connectivity index (χ1) is 28.3. The van der Waals surface area contributed by atoms with E-state index in [1.54, 1.807) is 0 Å². The molecule has 0 saturated heterocycles. The maximum Gasteiger partial charge on any atom is 0.339 e. The molecule has 6 heteroatoms. The molecule has 0 aliphatic rings. The van der Waals surface area contributed by atoms with Gasteiger partial charge in [-0.25, -0.2) is 14.6 Å². The van der Waals surface area contributed by atoms with Crippen molar-refractivity contribution in [1.29, 1.82) is 0 Å². The normalized spacial score (nSPS) is 12.0. The maximum atomic E-state index is 14.7. The van der Waals surface area contributed by atoms with Crippen LogP contribution in [0.4, 0.5) is 0 Å². The van der Waals surface area contributed by atoms with E-state index in [0.29, 0.717) is 32.7 Å². The van der Waals surface area contributed by atoms with Gasteiger partial charge in [-0.05, 0) is 121 Å². The highest BCUT2D eigenvalue weighted by atomic mass is 16.6. The molecule has 8 aromatic carbocycles. The van der Waals surface area contributed by atoms with E-state index in [1.807, 2.05) is 120 Å². The summed E-state index contributed by atoms with van der Waals surface area (Å²) in [4.78, 5) is 34.2. The summed E-state index contributed by atoms with van der Waals surface area (Å²) in [5.74, 6) is -0.0982. The Kier molecular flexibility index (Phi) is 9.16. The minimum Gasteiger partial charge on any atom is -0.456 e. The summed E-state index contributed by atoms with van der Waals surface area (Å²) < 4.78 is 14.5. The standard InChI is InChI=1S/C53H44N2O4/c1-52(2,3)58-50(56)46-40-20-12-13-21-41(40)48(51(57)59-53(4,5)6)47-42(46)31-30-39(45(47)37-29-24-33-16-10-11-17-36(33)32-37)34-25-27-35(28-26-34)49-54-43-22-14-15-23-44(43)55(49)38-18-8-7-9-19-38/h7-32H,1-6H3. The van der Waals surface area contributed by atoms with Crippen LogP contribution in [0.1, 0.15) is 62.3 Å². The minimum absolute atomic E-state index is 0.399. The number of carbonyl (C=O) groups is 2. The van der Waals surface area contributed by atoms with Crippen LogP contribution in [-0.2, 0) is 9.47 Å². The summed E-state index contributed by atoms with van der Waals surface area (Å²) in [7, 11) is 0. The predicted molar refractivity (Wildman–Crippen MR) is 240 cm³/mol. The van der Waals surface area contributed by atoms with Crippen molar-refractivity contribution in [3.8, 4) is 39.3 Å². The van der Waals surface area contributed by atoms with Crippen LogP contribution in [0.2, 0.25) is 0 Å². The first-order valence-corrected chi connectivity index (χ1v) is 20.0. The van der Waals surface area contributed by atoms with E-state index in [2.05, 4.69) is 83.4 Å². The van der Waals surface area contributed by atoms with E-state index < -0.39 is 23.1 Å². The van der Waals surface area contributed by atoms with E-state index in [1.165, 1.54) is 0 Å². The van der Waals surface area contributed by atoms with Crippen LogP contribution in [0.15, 0.2) is 158 Å². The fourth-order valence-electron chi connectivity index (χ4n) is 8.10. The quantitative estimate of drug-likeness (QED) is 0.124. The number of ether oxygens (including phenoxy) is 2. The third-order valence-electron chi connectivity index (χ3n) is 10.5. The molecule has 0 bridgehead atoms. The number of carbonyl (C=O) groups excluding carboxylic acids is 2. The lowest BCUT2D eigenvalue weighted by Gasteiger charge is -2.25. The van der Waals surface area contributed by atoms with Crippen LogP contribution in [0, 0.1) is 0 Å². The highest BCUT2D eigenvalue weighted by Gasteiger charge is 2.31. The van der Waals surface area contributed by atoms with Gasteiger partial charge in [-0.3, -0.25) is 4.57 Å². The van der Waals surface area contributed by atoms with Gasteiger partial charge >= 0.3 is 11.9 Å². The molecular formula is C53H44N2O4. The average Bonchev–Trinajstić information content (AvgIpc) is 3.61. The second-order valence-electron chi connectivity index (χ2n) is 16.9. The molecule has 0 atom stereocenters. The van der Waals surface area contributed by atoms with Gasteiger partial charge in [0.25, 0.3) is 0 Å². The zero-order chi connectivity index (χ0) is 41.1.